The molecule has 0 aromatic heterocycles. The van der Waals surface area contributed by atoms with E-state index < -0.39 is 16.1 Å². The Labute approximate surface area is 258 Å². The Morgan fingerprint density at radius 2 is 1.64 bits per heavy atom. The zero-order valence-electron chi connectivity index (χ0n) is 24.6. The molecule has 0 fully saturated rings. The SMILES string of the molecule is COc1cccc(N(CCCC(=O)N(Cc2ccc(Br)cc2)[C@H](Cc2ccccc2)C(=O)NCC(C)C)S(C)(=O)=O)c1. The molecule has 3 aromatic carbocycles. The molecule has 0 saturated carbocycles. The van der Waals surface area contributed by atoms with Gasteiger partial charge < -0.3 is 15.0 Å². The summed E-state index contributed by atoms with van der Waals surface area (Å²) in [5.74, 6) is 0.347. The number of sulfonamides is 1. The molecule has 1 atom stereocenters. The van der Waals surface area contributed by atoms with Crippen molar-refractivity contribution in [2.24, 2.45) is 5.92 Å². The van der Waals surface area contributed by atoms with E-state index in [1.807, 2.05) is 68.4 Å². The van der Waals surface area contributed by atoms with Gasteiger partial charge in [0.2, 0.25) is 21.8 Å². The minimum absolute atomic E-state index is 0.0647. The highest BCUT2D eigenvalue weighted by Crippen LogP contribution is 2.24. The van der Waals surface area contributed by atoms with E-state index in [0.717, 1.165) is 21.9 Å². The highest BCUT2D eigenvalue weighted by molar-refractivity contribution is 9.10. The number of carbonyl (C=O) groups excluding carboxylic acids is 2. The third-order valence-corrected chi connectivity index (χ3v) is 8.44. The second-order valence-electron chi connectivity index (χ2n) is 10.6. The lowest BCUT2D eigenvalue weighted by atomic mass is 10.0. The van der Waals surface area contributed by atoms with Crippen molar-refractivity contribution in [2.75, 3.05) is 30.8 Å². The Balaban J connectivity index is 1.88. The Bertz CT molecular complexity index is 1420. The molecule has 2 amide bonds. The largest absolute Gasteiger partial charge is 0.497 e. The number of nitrogens with one attached hydrogen (secondary N) is 1. The van der Waals surface area contributed by atoms with Gasteiger partial charge in [-0.1, -0.05) is 78.3 Å². The number of halogens is 1. The molecule has 42 heavy (non-hydrogen) atoms. The fraction of sp³-hybridized carbons (Fsp3) is 0.375. The monoisotopic (exact) mass is 657 g/mol. The maximum Gasteiger partial charge on any atom is 0.243 e. The minimum atomic E-state index is -3.62. The topological polar surface area (TPSA) is 96.0 Å². The van der Waals surface area contributed by atoms with Crippen LogP contribution in [-0.4, -0.2) is 57.6 Å². The third-order valence-electron chi connectivity index (χ3n) is 6.72. The van der Waals surface area contributed by atoms with Crippen molar-refractivity contribution in [1.82, 2.24) is 10.2 Å². The van der Waals surface area contributed by atoms with Gasteiger partial charge in [0.25, 0.3) is 0 Å². The van der Waals surface area contributed by atoms with Gasteiger partial charge in [-0.05, 0) is 47.7 Å². The Morgan fingerprint density at radius 3 is 2.26 bits per heavy atom. The lowest BCUT2D eigenvalue weighted by Crippen LogP contribution is -2.51. The highest BCUT2D eigenvalue weighted by atomic mass is 79.9. The lowest BCUT2D eigenvalue weighted by Gasteiger charge is -2.32. The summed E-state index contributed by atoms with van der Waals surface area (Å²) in [6.45, 7) is 4.88. The lowest BCUT2D eigenvalue weighted by molar-refractivity contribution is -0.141. The summed E-state index contributed by atoms with van der Waals surface area (Å²) in [4.78, 5) is 29.1. The van der Waals surface area contributed by atoms with Gasteiger partial charge in [-0.25, -0.2) is 8.42 Å². The van der Waals surface area contributed by atoms with E-state index in [4.69, 9.17) is 4.74 Å². The van der Waals surface area contributed by atoms with Crippen LogP contribution < -0.4 is 14.4 Å². The first-order valence-corrected chi connectivity index (χ1v) is 16.6. The number of hydrogen-bond donors (Lipinski definition) is 1. The first kappa shape index (κ1) is 33.1. The van der Waals surface area contributed by atoms with Crippen molar-refractivity contribution in [3.05, 3.63) is 94.5 Å². The first-order valence-electron chi connectivity index (χ1n) is 13.9. The quantitative estimate of drug-likeness (QED) is 0.236. The number of anilines is 1. The summed E-state index contributed by atoms with van der Waals surface area (Å²) >= 11 is 3.46. The van der Waals surface area contributed by atoms with Crippen molar-refractivity contribution in [2.45, 2.75) is 45.7 Å². The van der Waals surface area contributed by atoms with Crippen molar-refractivity contribution in [3.8, 4) is 5.75 Å². The van der Waals surface area contributed by atoms with Crippen LogP contribution in [0.4, 0.5) is 5.69 Å². The molecule has 0 bridgehead atoms. The van der Waals surface area contributed by atoms with Gasteiger partial charge in [0.1, 0.15) is 11.8 Å². The predicted octanol–water partition coefficient (Wildman–Crippen LogP) is 5.42. The Kier molecular flexibility index (Phi) is 12.4. The fourth-order valence-corrected chi connectivity index (χ4v) is 5.75. The average molecular weight is 659 g/mol. The van der Waals surface area contributed by atoms with Gasteiger partial charge in [0.15, 0.2) is 0 Å². The summed E-state index contributed by atoms with van der Waals surface area (Å²) in [6.07, 6.45) is 1.83. The number of amides is 2. The van der Waals surface area contributed by atoms with Crippen molar-refractivity contribution in [1.29, 1.82) is 0 Å². The van der Waals surface area contributed by atoms with E-state index in [-0.39, 0.29) is 43.7 Å². The molecule has 0 unspecified atom stereocenters. The second kappa shape index (κ2) is 15.7. The minimum Gasteiger partial charge on any atom is -0.497 e. The van der Waals surface area contributed by atoms with Gasteiger partial charge in [-0.3, -0.25) is 13.9 Å². The Hall–Kier alpha value is -3.37. The van der Waals surface area contributed by atoms with E-state index in [9.17, 15) is 18.0 Å². The maximum atomic E-state index is 13.9. The van der Waals surface area contributed by atoms with E-state index in [0.29, 0.717) is 24.4 Å². The smallest absolute Gasteiger partial charge is 0.243 e. The molecule has 226 valence electrons. The Morgan fingerprint density at radius 1 is 0.952 bits per heavy atom. The van der Waals surface area contributed by atoms with Crippen LogP contribution in [0.15, 0.2) is 83.3 Å². The summed E-state index contributed by atoms with van der Waals surface area (Å²) in [7, 11) is -2.10. The third kappa shape index (κ3) is 10.2. The van der Waals surface area contributed by atoms with Crippen molar-refractivity contribution in [3.63, 3.8) is 0 Å². The number of carbonyl (C=O) groups is 2. The molecule has 3 aromatic rings. The molecule has 0 radical (unpaired) electrons. The van der Waals surface area contributed by atoms with E-state index in [1.54, 1.807) is 29.2 Å². The van der Waals surface area contributed by atoms with Gasteiger partial charge in [0.05, 0.1) is 19.1 Å². The second-order valence-corrected chi connectivity index (χ2v) is 13.5. The van der Waals surface area contributed by atoms with Crippen LogP contribution in [-0.2, 0) is 32.6 Å². The van der Waals surface area contributed by atoms with Crippen LogP contribution in [0.3, 0.4) is 0 Å². The number of methoxy groups -OCH3 is 1. The van der Waals surface area contributed by atoms with Crippen LogP contribution in [0.2, 0.25) is 0 Å². The van der Waals surface area contributed by atoms with Crippen molar-refractivity contribution < 1.29 is 22.7 Å². The normalized spacial score (nSPS) is 12.0. The summed E-state index contributed by atoms with van der Waals surface area (Å²) in [5.41, 5.74) is 2.29. The maximum absolute atomic E-state index is 13.9. The molecule has 1 N–H and O–H groups in total. The number of rotatable bonds is 15. The van der Waals surface area contributed by atoms with Gasteiger partial charge >= 0.3 is 0 Å². The average Bonchev–Trinajstić information content (AvgIpc) is 2.96. The van der Waals surface area contributed by atoms with Crippen molar-refractivity contribution >= 4 is 43.5 Å². The molecule has 0 saturated heterocycles. The molecule has 0 spiro atoms. The molecule has 3 rings (SSSR count). The molecule has 0 aliphatic heterocycles. The fourth-order valence-electron chi connectivity index (χ4n) is 4.53. The summed E-state index contributed by atoms with van der Waals surface area (Å²) in [5, 5.41) is 3.02. The van der Waals surface area contributed by atoms with Gasteiger partial charge in [-0.15, -0.1) is 0 Å². The van der Waals surface area contributed by atoms with E-state index in [2.05, 4.69) is 21.2 Å². The molecular formula is C32H40BrN3O5S. The molecular weight excluding hydrogens is 618 g/mol. The first-order chi connectivity index (χ1) is 20.0. The summed E-state index contributed by atoms with van der Waals surface area (Å²) in [6, 6.07) is 23.4. The van der Waals surface area contributed by atoms with Crippen LogP contribution in [0.25, 0.3) is 0 Å². The highest BCUT2D eigenvalue weighted by Gasteiger charge is 2.30. The standard InChI is InChI=1S/C32H40BrN3O5S/c1-24(2)22-34-32(38)30(20-25-10-6-5-7-11-25)35(23-26-15-17-27(33)18-16-26)31(37)14-9-19-36(42(4,39)40)28-12-8-13-29(21-28)41-3/h5-8,10-13,15-18,21,24,30H,9,14,19-20,22-23H2,1-4H3,(H,34,38)/t30-/m1/s1. The number of hydrogen-bond acceptors (Lipinski definition) is 5. The molecule has 0 heterocycles. The molecule has 0 aliphatic carbocycles. The zero-order chi connectivity index (χ0) is 30.7. The molecule has 8 nitrogen and oxygen atoms in total. The van der Waals surface area contributed by atoms with Crippen LogP contribution >= 0.6 is 15.9 Å². The van der Waals surface area contributed by atoms with Gasteiger partial charge in [-0.2, -0.15) is 0 Å². The number of nitrogens with zero attached hydrogens (tertiary/aromatic N) is 2. The zero-order valence-corrected chi connectivity index (χ0v) is 27.0. The predicted molar refractivity (Wildman–Crippen MR) is 171 cm³/mol. The van der Waals surface area contributed by atoms with Crippen LogP contribution in [0.1, 0.15) is 37.8 Å². The van der Waals surface area contributed by atoms with Crippen LogP contribution in [0, 0.1) is 5.92 Å². The molecule has 0 aliphatic rings. The summed E-state index contributed by atoms with van der Waals surface area (Å²) < 4.78 is 32.8. The van der Waals surface area contributed by atoms with E-state index in [1.165, 1.54) is 11.4 Å². The van der Waals surface area contributed by atoms with Crippen LogP contribution in [0.5, 0.6) is 5.75 Å². The van der Waals surface area contributed by atoms with E-state index >= 15 is 0 Å². The molecule has 10 heteroatoms. The number of benzene rings is 3. The van der Waals surface area contributed by atoms with Gasteiger partial charge in [0, 0.05) is 43.0 Å². The number of ether oxygens (including phenoxy) is 1.